The van der Waals surface area contributed by atoms with Gasteiger partial charge in [-0.1, -0.05) is 20.3 Å². The van der Waals surface area contributed by atoms with E-state index in [1.807, 2.05) is 0 Å². The number of nitrogens with one attached hydrogen (secondary N) is 1. The summed E-state index contributed by atoms with van der Waals surface area (Å²) in [5.74, 6) is 0.687. The van der Waals surface area contributed by atoms with E-state index in [2.05, 4.69) is 19.2 Å². The molecule has 2 rings (SSSR count). The molecule has 0 aromatic heterocycles. The SMILES string of the molecule is CC1COCCC1NCC1(C)CCC1. The molecule has 0 radical (unpaired) electrons. The third-order valence-electron chi connectivity index (χ3n) is 3.99. The van der Waals surface area contributed by atoms with Crippen LogP contribution in [0.25, 0.3) is 0 Å². The van der Waals surface area contributed by atoms with Crippen molar-refractivity contribution in [3.05, 3.63) is 0 Å². The summed E-state index contributed by atoms with van der Waals surface area (Å²) in [6, 6.07) is 0.696. The highest BCUT2D eigenvalue weighted by atomic mass is 16.5. The van der Waals surface area contributed by atoms with E-state index in [9.17, 15) is 0 Å². The minimum atomic E-state index is 0.609. The van der Waals surface area contributed by atoms with Crippen LogP contribution in [0.4, 0.5) is 0 Å². The average Bonchev–Trinajstić information content (AvgIpc) is 2.14. The van der Waals surface area contributed by atoms with E-state index in [-0.39, 0.29) is 0 Å². The predicted octanol–water partition coefficient (Wildman–Crippen LogP) is 2.19. The van der Waals surface area contributed by atoms with E-state index >= 15 is 0 Å². The Balaban J connectivity index is 1.73. The van der Waals surface area contributed by atoms with Crippen LogP contribution >= 0.6 is 0 Å². The van der Waals surface area contributed by atoms with Gasteiger partial charge in [0.2, 0.25) is 0 Å². The van der Waals surface area contributed by atoms with E-state index in [4.69, 9.17) is 4.74 Å². The summed E-state index contributed by atoms with van der Waals surface area (Å²) in [6.07, 6.45) is 5.45. The number of ether oxygens (including phenoxy) is 1. The second kappa shape index (κ2) is 4.19. The molecule has 14 heavy (non-hydrogen) atoms. The van der Waals surface area contributed by atoms with Crippen LogP contribution in [0.1, 0.15) is 39.5 Å². The van der Waals surface area contributed by atoms with E-state index in [1.165, 1.54) is 32.2 Å². The largest absolute Gasteiger partial charge is 0.381 e. The number of hydrogen-bond donors (Lipinski definition) is 1. The van der Waals surface area contributed by atoms with Gasteiger partial charge in [0.1, 0.15) is 0 Å². The standard InChI is InChI=1S/C12H23NO/c1-10-8-14-7-4-11(10)13-9-12(2)5-3-6-12/h10-11,13H,3-9H2,1-2H3. The number of rotatable bonds is 3. The molecule has 1 saturated carbocycles. The first kappa shape index (κ1) is 10.4. The molecule has 0 spiro atoms. The molecule has 2 fully saturated rings. The molecule has 2 aliphatic rings. The molecule has 0 amide bonds. The van der Waals surface area contributed by atoms with Gasteiger partial charge >= 0.3 is 0 Å². The van der Waals surface area contributed by atoms with Gasteiger partial charge in [-0.15, -0.1) is 0 Å². The van der Waals surface area contributed by atoms with Crippen molar-refractivity contribution >= 4 is 0 Å². The minimum Gasteiger partial charge on any atom is -0.381 e. The van der Waals surface area contributed by atoms with Crippen molar-refractivity contribution in [2.24, 2.45) is 11.3 Å². The predicted molar refractivity (Wildman–Crippen MR) is 58.3 cm³/mol. The third-order valence-corrected chi connectivity index (χ3v) is 3.99. The van der Waals surface area contributed by atoms with Gasteiger partial charge in [0.15, 0.2) is 0 Å². The van der Waals surface area contributed by atoms with Gasteiger partial charge < -0.3 is 10.1 Å². The van der Waals surface area contributed by atoms with E-state index in [0.29, 0.717) is 17.4 Å². The van der Waals surface area contributed by atoms with Gasteiger partial charge in [-0.05, 0) is 30.6 Å². The smallest absolute Gasteiger partial charge is 0.0506 e. The molecule has 2 atom stereocenters. The highest BCUT2D eigenvalue weighted by Crippen LogP contribution is 2.39. The summed E-state index contributed by atoms with van der Waals surface area (Å²) in [6.45, 7) is 7.79. The zero-order valence-corrected chi connectivity index (χ0v) is 9.51. The summed E-state index contributed by atoms with van der Waals surface area (Å²) < 4.78 is 5.44. The third kappa shape index (κ3) is 2.29. The Labute approximate surface area is 87.4 Å². The van der Waals surface area contributed by atoms with Gasteiger partial charge in [-0.3, -0.25) is 0 Å². The zero-order valence-electron chi connectivity index (χ0n) is 9.51. The van der Waals surface area contributed by atoms with Crippen molar-refractivity contribution in [3.63, 3.8) is 0 Å². The van der Waals surface area contributed by atoms with Crippen LogP contribution in [0.5, 0.6) is 0 Å². The topological polar surface area (TPSA) is 21.3 Å². The fourth-order valence-corrected chi connectivity index (χ4v) is 2.52. The van der Waals surface area contributed by atoms with E-state index in [1.54, 1.807) is 0 Å². The molecule has 2 unspecified atom stereocenters. The normalized spacial score (nSPS) is 36.4. The first-order chi connectivity index (χ1) is 6.70. The Kier molecular flexibility index (Phi) is 3.13. The Morgan fingerprint density at radius 2 is 2.21 bits per heavy atom. The van der Waals surface area contributed by atoms with Gasteiger partial charge in [-0.25, -0.2) is 0 Å². The Bertz CT molecular complexity index is 189. The molecule has 1 N–H and O–H groups in total. The lowest BCUT2D eigenvalue weighted by atomic mass is 9.70. The molecule has 0 aromatic carbocycles. The maximum atomic E-state index is 5.44. The van der Waals surface area contributed by atoms with Crippen molar-refractivity contribution in [2.75, 3.05) is 19.8 Å². The molecule has 1 heterocycles. The molecule has 1 aliphatic carbocycles. The highest BCUT2D eigenvalue weighted by Gasteiger charge is 2.33. The lowest BCUT2D eigenvalue weighted by Crippen LogP contribution is -2.47. The van der Waals surface area contributed by atoms with Crippen molar-refractivity contribution in [1.82, 2.24) is 5.32 Å². The summed E-state index contributed by atoms with van der Waals surface area (Å²) >= 11 is 0. The second-order valence-electron chi connectivity index (χ2n) is 5.49. The average molecular weight is 197 g/mol. The molecule has 0 aromatic rings. The van der Waals surface area contributed by atoms with Crippen LogP contribution in [-0.4, -0.2) is 25.8 Å². The van der Waals surface area contributed by atoms with Gasteiger partial charge in [-0.2, -0.15) is 0 Å². The van der Waals surface area contributed by atoms with Gasteiger partial charge in [0, 0.05) is 19.2 Å². The Hall–Kier alpha value is -0.0800. The molecule has 82 valence electrons. The Morgan fingerprint density at radius 1 is 1.43 bits per heavy atom. The van der Waals surface area contributed by atoms with Crippen molar-refractivity contribution in [3.8, 4) is 0 Å². The van der Waals surface area contributed by atoms with Crippen LogP contribution in [0, 0.1) is 11.3 Å². The fourth-order valence-electron chi connectivity index (χ4n) is 2.52. The molecule has 2 nitrogen and oxygen atoms in total. The molecular formula is C12H23NO. The quantitative estimate of drug-likeness (QED) is 0.749. The fraction of sp³-hybridized carbons (Fsp3) is 1.00. The summed E-state index contributed by atoms with van der Waals surface area (Å²) in [5.41, 5.74) is 0.609. The van der Waals surface area contributed by atoms with Crippen LogP contribution in [0.15, 0.2) is 0 Å². The van der Waals surface area contributed by atoms with Crippen molar-refractivity contribution in [2.45, 2.75) is 45.6 Å². The maximum Gasteiger partial charge on any atom is 0.0506 e. The minimum absolute atomic E-state index is 0.609. The summed E-state index contributed by atoms with van der Waals surface area (Å²) in [5, 5.41) is 3.73. The lowest BCUT2D eigenvalue weighted by molar-refractivity contribution is 0.0318. The van der Waals surface area contributed by atoms with Crippen molar-refractivity contribution < 1.29 is 4.74 Å². The van der Waals surface area contributed by atoms with Crippen molar-refractivity contribution in [1.29, 1.82) is 0 Å². The Morgan fingerprint density at radius 3 is 2.79 bits per heavy atom. The van der Waals surface area contributed by atoms with E-state index < -0.39 is 0 Å². The van der Waals surface area contributed by atoms with Crippen LogP contribution in [-0.2, 0) is 4.74 Å². The first-order valence-electron chi connectivity index (χ1n) is 6.01. The molecular weight excluding hydrogens is 174 g/mol. The van der Waals surface area contributed by atoms with Gasteiger partial charge in [0.05, 0.1) is 6.61 Å². The first-order valence-corrected chi connectivity index (χ1v) is 6.01. The number of hydrogen-bond acceptors (Lipinski definition) is 2. The molecule has 1 aliphatic heterocycles. The molecule has 0 bridgehead atoms. The van der Waals surface area contributed by atoms with Crippen LogP contribution in [0.2, 0.25) is 0 Å². The summed E-state index contributed by atoms with van der Waals surface area (Å²) in [4.78, 5) is 0. The zero-order chi connectivity index (χ0) is 10.0. The molecule has 2 heteroatoms. The highest BCUT2D eigenvalue weighted by molar-refractivity contribution is 4.87. The van der Waals surface area contributed by atoms with E-state index in [0.717, 1.165) is 13.2 Å². The lowest BCUT2D eigenvalue weighted by Gasteiger charge is -2.41. The molecule has 1 saturated heterocycles. The van der Waals surface area contributed by atoms with Gasteiger partial charge in [0.25, 0.3) is 0 Å². The second-order valence-corrected chi connectivity index (χ2v) is 5.49. The monoisotopic (exact) mass is 197 g/mol. The van der Waals surface area contributed by atoms with Crippen LogP contribution < -0.4 is 5.32 Å². The summed E-state index contributed by atoms with van der Waals surface area (Å²) in [7, 11) is 0. The maximum absolute atomic E-state index is 5.44. The van der Waals surface area contributed by atoms with Crippen LogP contribution in [0.3, 0.4) is 0 Å².